The average Bonchev–Trinajstić information content (AvgIpc) is 2.78. The molecule has 1 aromatic heterocycles. The summed E-state index contributed by atoms with van der Waals surface area (Å²) in [6.45, 7) is 2.67. The highest BCUT2D eigenvalue weighted by atomic mass is 35.5. The zero-order valence-electron chi connectivity index (χ0n) is 11.1. The van der Waals surface area contributed by atoms with Crippen molar-refractivity contribution in [3.05, 3.63) is 27.7 Å². The SMILES string of the molecule is Cc1nc(N)sc1C(=O)Nc1cc2c(cc1Cl)OCCO2. The lowest BCUT2D eigenvalue weighted by Gasteiger charge is -2.19. The second-order valence-electron chi connectivity index (χ2n) is 4.40. The number of nitrogens with two attached hydrogens (primary N) is 1. The summed E-state index contributed by atoms with van der Waals surface area (Å²) in [5.41, 5.74) is 6.64. The van der Waals surface area contributed by atoms with Crippen LogP contribution in [0.2, 0.25) is 5.02 Å². The standard InChI is InChI=1S/C13H12ClN3O3S/c1-6-11(21-13(15)16-6)12(18)17-8-5-10-9(4-7(8)14)19-2-3-20-10/h4-5H,2-3H2,1H3,(H2,15,16)(H,17,18). The summed E-state index contributed by atoms with van der Waals surface area (Å²) in [5.74, 6) is 0.823. The lowest BCUT2D eigenvalue weighted by atomic mass is 10.2. The van der Waals surface area contributed by atoms with Gasteiger partial charge in [0, 0.05) is 12.1 Å². The summed E-state index contributed by atoms with van der Waals surface area (Å²) in [7, 11) is 0. The van der Waals surface area contributed by atoms with E-state index in [9.17, 15) is 4.79 Å². The van der Waals surface area contributed by atoms with E-state index in [1.165, 1.54) is 0 Å². The Morgan fingerprint density at radius 1 is 1.38 bits per heavy atom. The van der Waals surface area contributed by atoms with Crippen LogP contribution >= 0.6 is 22.9 Å². The van der Waals surface area contributed by atoms with Crippen molar-refractivity contribution in [2.24, 2.45) is 0 Å². The van der Waals surface area contributed by atoms with E-state index in [1.54, 1.807) is 19.1 Å². The summed E-state index contributed by atoms with van der Waals surface area (Å²) < 4.78 is 10.9. The molecule has 0 unspecified atom stereocenters. The third kappa shape index (κ3) is 2.74. The van der Waals surface area contributed by atoms with E-state index in [0.29, 0.717) is 51.1 Å². The first-order chi connectivity index (χ1) is 10.0. The Bertz CT molecular complexity index is 717. The Labute approximate surface area is 129 Å². The molecule has 110 valence electrons. The van der Waals surface area contributed by atoms with Gasteiger partial charge >= 0.3 is 0 Å². The van der Waals surface area contributed by atoms with Crippen LogP contribution in [0.15, 0.2) is 12.1 Å². The van der Waals surface area contributed by atoms with Crippen LogP contribution in [0.1, 0.15) is 15.4 Å². The molecule has 6 nitrogen and oxygen atoms in total. The van der Waals surface area contributed by atoms with Gasteiger partial charge in [0.1, 0.15) is 18.1 Å². The van der Waals surface area contributed by atoms with Gasteiger partial charge in [-0.15, -0.1) is 0 Å². The van der Waals surface area contributed by atoms with Gasteiger partial charge in [-0.2, -0.15) is 0 Å². The number of hydrogen-bond acceptors (Lipinski definition) is 6. The Kier molecular flexibility index (Phi) is 3.60. The van der Waals surface area contributed by atoms with Crippen molar-refractivity contribution < 1.29 is 14.3 Å². The fourth-order valence-corrected chi connectivity index (χ4v) is 2.90. The Balaban J connectivity index is 1.87. The molecule has 0 bridgehead atoms. The second kappa shape index (κ2) is 5.42. The maximum Gasteiger partial charge on any atom is 0.267 e. The summed E-state index contributed by atoms with van der Waals surface area (Å²) in [4.78, 5) is 16.7. The molecule has 0 saturated carbocycles. The molecule has 0 aliphatic carbocycles. The number of halogens is 1. The Hall–Kier alpha value is -1.99. The number of aryl methyl sites for hydroxylation is 1. The molecule has 2 aromatic rings. The summed E-state index contributed by atoms with van der Waals surface area (Å²) in [5, 5.41) is 3.47. The lowest BCUT2D eigenvalue weighted by molar-refractivity contribution is 0.102. The van der Waals surface area contributed by atoms with Gasteiger partial charge in [-0.25, -0.2) is 4.98 Å². The molecule has 1 aliphatic heterocycles. The largest absolute Gasteiger partial charge is 0.486 e. The van der Waals surface area contributed by atoms with Crippen LogP contribution in [0.3, 0.4) is 0 Å². The molecule has 0 fully saturated rings. The fraction of sp³-hybridized carbons (Fsp3) is 0.231. The number of nitrogen functional groups attached to an aromatic ring is 1. The topological polar surface area (TPSA) is 86.5 Å². The third-order valence-electron chi connectivity index (χ3n) is 2.90. The highest BCUT2D eigenvalue weighted by molar-refractivity contribution is 7.17. The van der Waals surface area contributed by atoms with E-state index < -0.39 is 0 Å². The van der Waals surface area contributed by atoms with Crippen molar-refractivity contribution in [1.29, 1.82) is 0 Å². The molecule has 8 heteroatoms. The maximum atomic E-state index is 12.2. The van der Waals surface area contributed by atoms with Gasteiger partial charge in [-0.05, 0) is 6.92 Å². The first kappa shape index (κ1) is 14.0. The smallest absolute Gasteiger partial charge is 0.267 e. The number of rotatable bonds is 2. The van der Waals surface area contributed by atoms with Crippen LogP contribution < -0.4 is 20.5 Å². The van der Waals surface area contributed by atoms with E-state index in [-0.39, 0.29) is 5.91 Å². The zero-order valence-corrected chi connectivity index (χ0v) is 12.7. The average molecular weight is 326 g/mol. The lowest BCUT2D eigenvalue weighted by Crippen LogP contribution is -2.16. The zero-order chi connectivity index (χ0) is 15.0. The molecular formula is C13H12ClN3O3S. The predicted octanol–water partition coefficient (Wildman–Crippen LogP) is 2.71. The summed E-state index contributed by atoms with van der Waals surface area (Å²) in [6.07, 6.45) is 0. The molecule has 1 amide bonds. The van der Waals surface area contributed by atoms with Gasteiger partial charge in [0.25, 0.3) is 5.91 Å². The van der Waals surface area contributed by atoms with Crippen molar-refractivity contribution in [2.75, 3.05) is 24.3 Å². The predicted molar refractivity (Wildman–Crippen MR) is 81.7 cm³/mol. The molecule has 0 radical (unpaired) electrons. The highest BCUT2D eigenvalue weighted by Crippen LogP contribution is 2.38. The van der Waals surface area contributed by atoms with E-state index >= 15 is 0 Å². The normalized spacial score (nSPS) is 13.0. The minimum absolute atomic E-state index is 0.305. The van der Waals surface area contributed by atoms with Gasteiger partial charge in [0.05, 0.1) is 16.4 Å². The highest BCUT2D eigenvalue weighted by Gasteiger charge is 2.19. The molecule has 0 atom stereocenters. The maximum absolute atomic E-state index is 12.2. The van der Waals surface area contributed by atoms with Crippen LogP contribution in [0.4, 0.5) is 10.8 Å². The van der Waals surface area contributed by atoms with Crippen LogP contribution in [-0.4, -0.2) is 24.1 Å². The van der Waals surface area contributed by atoms with Crippen LogP contribution in [0.25, 0.3) is 0 Å². The van der Waals surface area contributed by atoms with E-state index in [0.717, 1.165) is 11.3 Å². The molecule has 0 spiro atoms. The summed E-state index contributed by atoms with van der Waals surface area (Å²) >= 11 is 7.28. The molecule has 3 N–H and O–H groups in total. The first-order valence-electron chi connectivity index (χ1n) is 6.18. The number of hydrogen-bond donors (Lipinski definition) is 2. The van der Waals surface area contributed by atoms with Crippen molar-refractivity contribution in [3.8, 4) is 11.5 Å². The van der Waals surface area contributed by atoms with Gasteiger partial charge < -0.3 is 20.5 Å². The Morgan fingerprint density at radius 2 is 2.05 bits per heavy atom. The first-order valence-corrected chi connectivity index (χ1v) is 7.37. The van der Waals surface area contributed by atoms with Crippen molar-refractivity contribution in [3.63, 3.8) is 0 Å². The van der Waals surface area contributed by atoms with Crippen molar-refractivity contribution >= 4 is 39.7 Å². The molecule has 21 heavy (non-hydrogen) atoms. The number of fused-ring (bicyclic) bond motifs is 1. The van der Waals surface area contributed by atoms with Crippen LogP contribution in [0.5, 0.6) is 11.5 Å². The molecule has 1 aliphatic rings. The third-order valence-corrected chi connectivity index (χ3v) is 4.20. The molecule has 1 aromatic carbocycles. The second-order valence-corrected chi connectivity index (χ2v) is 5.83. The molecule has 0 saturated heterocycles. The Morgan fingerprint density at radius 3 is 2.67 bits per heavy atom. The number of anilines is 2. The van der Waals surface area contributed by atoms with E-state index in [4.69, 9.17) is 26.8 Å². The van der Waals surface area contributed by atoms with Crippen molar-refractivity contribution in [2.45, 2.75) is 6.92 Å². The monoisotopic (exact) mass is 325 g/mol. The van der Waals surface area contributed by atoms with Gasteiger partial charge in [0.15, 0.2) is 16.6 Å². The van der Waals surface area contributed by atoms with Gasteiger partial charge in [0.2, 0.25) is 0 Å². The number of nitrogens with zero attached hydrogens (tertiary/aromatic N) is 1. The number of nitrogens with one attached hydrogen (secondary N) is 1. The number of thiazole rings is 1. The number of amides is 1. The van der Waals surface area contributed by atoms with E-state index in [1.807, 2.05) is 0 Å². The minimum atomic E-state index is -0.305. The van der Waals surface area contributed by atoms with Crippen LogP contribution in [0, 0.1) is 6.92 Å². The number of aromatic nitrogens is 1. The molecular weight excluding hydrogens is 314 g/mol. The van der Waals surface area contributed by atoms with Gasteiger partial charge in [-0.1, -0.05) is 22.9 Å². The minimum Gasteiger partial charge on any atom is -0.486 e. The van der Waals surface area contributed by atoms with Crippen molar-refractivity contribution in [1.82, 2.24) is 4.98 Å². The molecule has 3 rings (SSSR count). The number of carbonyl (C=O) groups excluding carboxylic acids is 1. The fourth-order valence-electron chi connectivity index (χ4n) is 1.97. The number of carbonyl (C=O) groups is 1. The number of ether oxygens (including phenoxy) is 2. The van der Waals surface area contributed by atoms with Gasteiger partial charge in [-0.3, -0.25) is 4.79 Å². The van der Waals surface area contributed by atoms with Crippen LogP contribution in [-0.2, 0) is 0 Å². The summed E-state index contributed by atoms with van der Waals surface area (Å²) in [6, 6.07) is 3.27. The quantitative estimate of drug-likeness (QED) is 0.886. The number of benzene rings is 1. The molecule has 2 heterocycles. The van der Waals surface area contributed by atoms with E-state index in [2.05, 4.69) is 10.3 Å².